The quantitative estimate of drug-likeness (QED) is 0.872. The number of amides is 1. The highest BCUT2D eigenvalue weighted by molar-refractivity contribution is 6.32. The van der Waals surface area contributed by atoms with E-state index in [4.69, 9.17) is 16.3 Å². The van der Waals surface area contributed by atoms with Crippen molar-refractivity contribution in [1.82, 2.24) is 10.2 Å². The van der Waals surface area contributed by atoms with Gasteiger partial charge in [-0.05, 0) is 31.5 Å². The number of phenolic OH excluding ortho intramolecular Hbond substituents is 1. The maximum absolute atomic E-state index is 12.2. The lowest BCUT2D eigenvalue weighted by atomic mass is 10.1. The van der Waals surface area contributed by atoms with Crippen molar-refractivity contribution in [3.05, 3.63) is 28.8 Å². The molecule has 0 aromatic heterocycles. The highest BCUT2D eigenvalue weighted by Gasteiger charge is 2.36. The first kappa shape index (κ1) is 14.6. The van der Waals surface area contributed by atoms with E-state index in [2.05, 4.69) is 17.1 Å². The Hall–Kier alpha value is -1.30. The van der Waals surface area contributed by atoms with Crippen LogP contribution in [0.1, 0.15) is 23.7 Å². The van der Waals surface area contributed by atoms with Crippen LogP contribution < -0.4 is 5.32 Å². The molecule has 5 nitrogen and oxygen atoms in total. The Morgan fingerprint density at radius 1 is 1.48 bits per heavy atom. The predicted octanol–water partition coefficient (Wildman–Crippen LogP) is 1.64. The number of nitrogens with one attached hydrogen (secondary N) is 1. The first-order chi connectivity index (χ1) is 10.0. The number of morpholine rings is 1. The lowest BCUT2D eigenvalue weighted by molar-refractivity contribution is -0.0390. The topological polar surface area (TPSA) is 61.8 Å². The van der Waals surface area contributed by atoms with Crippen molar-refractivity contribution in [3.63, 3.8) is 0 Å². The van der Waals surface area contributed by atoms with E-state index >= 15 is 0 Å². The summed E-state index contributed by atoms with van der Waals surface area (Å²) < 4.78 is 5.66. The number of nitrogens with zero attached hydrogens (tertiary/aromatic N) is 1. The predicted molar refractivity (Wildman–Crippen MR) is 79.8 cm³/mol. The Labute approximate surface area is 128 Å². The molecule has 0 aliphatic carbocycles. The molecule has 2 saturated heterocycles. The van der Waals surface area contributed by atoms with Gasteiger partial charge < -0.3 is 15.2 Å². The molecule has 1 aromatic rings. The number of benzene rings is 1. The molecule has 0 bridgehead atoms. The maximum Gasteiger partial charge on any atom is 0.251 e. The first-order valence-electron chi connectivity index (χ1n) is 7.18. The molecule has 21 heavy (non-hydrogen) atoms. The third kappa shape index (κ3) is 3.15. The second kappa shape index (κ2) is 5.83. The van der Waals surface area contributed by atoms with Crippen LogP contribution in [0.2, 0.25) is 5.02 Å². The SMILES string of the molecule is C[C@H]1CN2C[C@@H](NC(=O)c3ccc(O)c(Cl)c3)C[C@H]2CO1. The van der Waals surface area contributed by atoms with Gasteiger partial charge in [0.25, 0.3) is 5.91 Å². The van der Waals surface area contributed by atoms with Gasteiger partial charge in [0, 0.05) is 30.7 Å². The molecule has 0 unspecified atom stereocenters. The Morgan fingerprint density at radius 2 is 2.29 bits per heavy atom. The Kier molecular flexibility index (Phi) is 4.06. The zero-order valence-electron chi connectivity index (χ0n) is 11.9. The minimum Gasteiger partial charge on any atom is -0.506 e. The molecule has 2 N–H and O–H groups in total. The van der Waals surface area contributed by atoms with Crippen LogP contribution in [0.3, 0.4) is 0 Å². The van der Waals surface area contributed by atoms with Crippen molar-refractivity contribution in [1.29, 1.82) is 0 Å². The van der Waals surface area contributed by atoms with Crippen LogP contribution in [0.4, 0.5) is 0 Å². The van der Waals surface area contributed by atoms with Crippen molar-refractivity contribution in [2.45, 2.75) is 31.5 Å². The van der Waals surface area contributed by atoms with E-state index in [1.54, 1.807) is 6.07 Å². The number of hydrogen-bond donors (Lipinski definition) is 2. The van der Waals surface area contributed by atoms with Gasteiger partial charge in [-0.25, -0.2) is 0 Å². The van der Waals surface area contributed by atoms with Crippen molar-refractivity contribution in [2.24, 2.45) is 0 Å². The molecule has 2 heterocycles. The lowest BCUT2D eigenvalue weighted by Gasteiger charge is -2.33. The van der Waals surface area contributed by atoms with E-state index in [9.17, 15) is 9.90 Å². The fraction of sp³-hybridized carbons (Fsp3) is 0.533. The van der Waals surface area contributed by atoms with Crippen LogP contribution in [-0.4, -0.2) is 53.8 Å². The minimum atomic E-state index is -0.157. The van der Waals surface area contributed by atoms with Crippen LogP contribution in [0.5, 0.6) is 5.75 Å². The van der Waals surface area contributed by atoms with Gasteiger partial charge in [0.15, 0.2) is 0 Å². The van der Waals surface area contributed by atoms with E-state index < -0.39 is 0 Å². The van der Waals surface area contributed by atoms with Gasteiger partial charge in [-0.3, -0.25) is 9.69 Å². The average Bonchev–Trinajstić information content (AvgIpc) is 2.83. The normalized spacial score (nSPS) is 29.1. The second-order valence-corrected chi connectivity index (χ2v) is 6.23. The average molecular weight is 311 g/mol. The fourth-order valence-electron chi connectivity index (χ4n) is 3.06. The van der Waals surface area contributed by atoms with E-state index in [-0.39, 0.29) is 28.8 Å². The summed E-state index contributed by atoms with van der Waals surface area (Å²) in [4.78, 5) is 14.6. The van der Waals surface area contributed by atoms with Crippen LogP contribution in [-0.2, 0) is 4.74 Å². The van der Waals surface area contributed by atoms with E-state index in [0.717, 1.165) is 26.1 Å². The standard InChI is InChI=1S/C15H19ClN2O3/c1-9-6-18-7-11(5-12(18)8-21-9)17-15(20)10-2-3-14(19)13(16)4-10/h2-4,9,11-12,19H,5-8H2,1H3,(H,17,20)/t9-,11-,12-/m0/s1. The van der Waals surface area contributed by atoms with Crippen LogP contribution >= 0.6 is 11.6 Å². The molecule has 114 valence electrons. The molecule has 0 radical (unpaired) electrons. The van der Waals surface area contributed by atoms with Gasteiger partial charge in [-0.2, -0.15) is 0 Å². The molecule has 2 fully saturated rings. The molecular weight excluding hydrogens is 292 g/mol. The summed E-state index contributed by atoms with van der Waals surface area (Å²) in [6.07, 6.45) is 1.16. The Bertz CT molecular complexity index is 552. The van der Waals surface area contributed by atoms with Gasteiger partial charge in [-0.1, -0.05) is 11.6 Å². The molecule has 2 aliphatic heterocycles. The number of rotatable bonds is 2. The van der Waals surface area contributed by atoms with Gasteiger partial charge in [0.05, 0.1) is 17.7 Å². The number of hydrogen-bond acceptors (Lipinski definition) is 4. The maximum atomic E-state index is 12.2. The van der Waals surface area contributed by atoms with Gasteiger partial charge in [0.1, 0.15) is 5.75 Å². The number of ether oxygens (including phenoxy) is 1. The van der Waals surface area contributed by atoms with Crippen molar-refractivity contribution in [2.75, 3.05) is 19.7 Å². The van der Waals surface area contributed by atoms with Gasteiger partial charge >= 0.3 is 0 Å². The van der Waals surface area contributed by atoms with Crippen LogP contribution in [0, 0.1) is 0 Å². The smallest absolute Gasteiger partial charge is 0.251 e. The van der Waals surface area contributed by atoms with Crippen molar-refractivity contribution < 1.29 is 14.6 Å². The molecule has 6 heteroatoms. The summed E-state index contributed by atoms with van der Waals surface area (Å²) in [5, 5.41) is 12.6. The highest BCUT2D eigenvalue weighted by Crippen LogP contribution is 2.25. The molecule has 0 saturated carbocycles. The molecular formula is C15H19ClN2O3. The molecule has 3 atom stereocenters. The summed E-state index contributed by atoms with van der Waals surface area (Å²) in [5.41, 5.74) is 0.465. The number of phenols is 1. The van der Waals surface area contributed by atoms with Crippen LogP contribution in [0.15, 0.2) is 18.2 Å². The van der Waals surface area contributed by atoms with Gasteiger partial charge in [-0.15, -0.1) is 0 Å². The summed E-state index contributed by atoms with van der Waals surface area (Å²) in [6.45, 7) is 4.58. The summed E-state index contributed by atoms with van der Waals surface area (Å²) in [6, 6.07) is 5.02. The van der Waals surface area contributed by atoms with Crippen molar-refractivity contribution in [3.8, 4) is 5.75 Å². The highest BCUT2D eigenvalue weighted by atomic mass is 35.5. The van der Waals surface area contributed by atoms with Crippen LogP contribution in [0.25, 0.3) is 0 Å². The van der Waals surface area contributed by atoms with E-state index in [1.165, 1.54) is 12.1 Å². The summed E-state index contributed by atoms with van der Waals surface area (Å²) >= 11 is 5.84. The fourth-order valence-corrected chi connectivity index (χ4v) is 3.24. The number of carbonyl (C=O) groups excluding carboxylic acids is 1. The number of carbonyl (C=O) groups is 1. The van der Waals surface area contributed by atoms with Crippen molar-refractivity contribution >= 4 is 17.5 Å². The third-order valence-corrected chi connectivity index (χ3v) is 4.44. The summed E-state index contributed by atoms with van der Waals surface area (Å²) in [7, 11) is 0. The van der Waals surface area contributed by atoms with E-state index in [0.29, 0.717) is 11.6 Å². The zero-order valence-corrected chi connectivity index (χ0v) is 12.6. The lowest BCUT2D eigenvalue weighted by Crippen LogP contribution is -2.45. The number of halogens is 1. The number of aromatic hydroxyl groups is 1. The minimum absolute atomic E-state index is 0.0163. The molecule has 0 spiro atoms. The molecule has 1 aromatic carbocycles. The second-order valence-electron chi connectivity index (χ2n) is 5.82. The van der Waals surface area contributed by atoms with Gasteiger partial charge in [0.2, 0.25) is 0 Å². The Balaban J connectivity index is 1.62. The number of fused-ring (bicyclic) bond motifs is 1. The largest absolute Gasteiger partial charge is 0.506 e. The first-order valence-corrected chi connectivity index (χ1v) is 7.56. The Morgan fingerprint density at radius 3 is 3.05 bits per heavy atom. The third-order valence-electron chi connectivity index (χ3n) is 4.14. The molecule has 1 amide bonds. The summed E-state index contributed by atoms with van der Waals surface area (Å²) in [5.74, 6) is -0.173. The zero-order chi connectivity index (χ0) is 15.0. The molecule has 2 aliphatic rings. The monoisotopic (exact) mass is 310 g/mol. The van der Waals surface area contributed by atoms with E-state index in [1.807, 2.05) is 0 Å². The molecule has 3 rings (SSSR count).